The fourth-order valence-corrected chi connectivity index (χ4v) is 4.90. The van der Waals surface area contributed by atoms with Crippen LogP contribution in [-0.2, 0) is 6.42 Å². The first kappa shape index (κ1) is 15.5. The molecule has 3 nitrogen and oxygen atoms in total. The third-order valence-corrected chi connectivity index (χ3v) is 6.45. The molecule has 1 aliphatic heterocycles. The summed E-state index contributed by atoms with van der Waals surface area (Å²) in [7, 11) is 0. The number of aromatic nitrogens is 1. The molecule has 3 heterocycles. The molecular formula is C19H18N2OS2. The average molecular weight is 355 g/mol. The minimum absolute atomic E-state index is 0.0361. The van der Waals surface area contributed by atoms with Gasteiger partial charge in [0.15, 0.2) is 0 Å². The van der Waals surface area contributed by atoms with Gasteiger partial charge in [-0.15, -0.1) is 22.7 Å². The van der Waals surface area contributed by atoms with Crippen LogP contribution in [0.5, 0.6) is 0 Å². The fraction of sp³-hybridized carbons (Fsp3) is 0.263. The molecule has 0 aliphatic carbocycles. The van der Waals surface area contributed by atoms with Crippen LogP contribution in [0.15, 0.2) is 41.1 Å². The number of carbonyl (C=O) groups is 1. The molecule has 0 N–H and O–H groups in total. The Morgan fingerprint density at radius 2 is 2.00 bits per heavy atom. The molecule has 122 valence electrons. The highest BCUT2D eigenvalue weighted by Gasteiger charge is 2.30. The zero-order valence-corrected chi connectivity index (χ0v) is 15.3. The van der Waals surface area contributed by atoms with Crippen LogP contribution in [0.4, 0.5) is 0 Å². The minimum atomic E-state index is 0.0361. The van der Waals surface area contributed by atoms with Crippen molar-refractivity contribution in [2.75, 3.05) is 6.54 Å². The topological polar surface area (TPSA) is 33.2 Å². The summed E-state index contributed by atoms with van der Waals surface area (Å²) in [6, 6.07) is 10.5. The van der Waals surface area contributed by atoms with Crippen LogP contribution in [0.1, 0.15) is 39.5 Å². The van der Waals surface area contributed by atoms with Gasteiger partial charge in [0.05, 0.1) is 6.04 Å². The summed E-state index contributed by atoms with van der Waals surface area (Å²) < 4.78 is 0. The van der Waals surface area contributed by atoms with Gasteiger partial charge in [-0.2, -0.15) is 0 Å². The highest BCUT2D eigenvalue weighted by Crippen LogP contribution is 2.34. The SMILES string of the molecule is Cc1ccc(-c2nc(C(=O)N3CCc4sccc4C3C)cs2)cc1. The molecule has 0 radical (unpaired) electrons. The number of thiazole rings is 1. The number of benzene rings is 1. The van der Waals surface area contributed by atoms with Crippen LogP contribution in [0.2, 0.25) is 0 Å². The molecule has 1 aromatic carbocycles. The van der Waals surface area contributed by atoms with Crippen LogP contribution >= 0.6 is 22.7 Å². The Kier molecular flexibility index (Phi) is 3.98. The lowest BCUT2D eigenvalue weighted by Gasteiger charge is -2.33. The normalized spacial score (nSPS) is 16.9. The van der Waals surface area contributed by atoms with Crippen molar-refractivity contribution in [2.24, 2.45) is 0 Å². The Morgan fingerprint density at radius 3 is 2.79 bits per heavy atom. The molecule has 24 heavy (non-hydrogen) atoms. The number of aryl methyl sites for hydroxylation is 1. The Labute approximate surface area is 149 Å². The van der Waals surface area contributed by atoms with E-state index in [1.165, 1.54) is 27.3 Å². The summed E-state index contributed by atoms with van der Waals surface area (Å²) in [5.41, 5.74) is 4.13. The van der Waals surface area contributed by atoms with Crippen molar-refractivity contribution in [3.05, 3.63) is 62.8 Å². The molecule has 1 amide bonds. The number of amides is 1. The van der Waals surface area contributed by atoms with E-state index in [2.05, 4.69) is 54.5 Å². The lowest BCUT2D eigenvalue weighted by molar-refractivity contribution is 0.0674. The maximum atomic E-state index is 12.9. The van der Waals surface area contributed by atoms with E-state index < -0.39 is 0 Å². The Balaban J connectivity index is 1.59. The molecule has 3 aromatic rings. The summed E-state index contributed by atoms with van der Waals surface area (Å²) in [5.74, 6) is 0.0361. The van der Waals surface area contributed by atoms with E-state index in [0.717, 1.165) is 23.5 Å². The van der Waals surface area contributed by atoms with E-state index >= 15 is 0 Å². The molecule has 1 unspecified atom stereocenters. The molecule has 0 spiro atoms. The lowest BCUT2D eigenvalue weighted by atomic mass is 10.0. The third-order valence-electron chi connectivity index (χ3n) is 4.56. The van der Waals surface area contributed by atoms with Gasteiger partial charge >= 0.3 is 0 Å². The summed E-state index contributed by atoms with van der Waals surface area (Å²) in [5, 5.41) is 4.90. The predicted molar refractivity (Wildman–Crippen MR) is 99.8 cm³/mol. The number of hydrogen-bond donors (Lipinski definition) is 0. The van der Waals surface area contributed by atoms with E-state index in [-0.39, 0.29) is 11.9 Å². The number of fused-ring (bicyclic) bond motifs is 1. The standard InChI is InChI=1S/C19H18N2OS2/c1-12-3-5-14(6-4-12)18-20-16(11-24-18)19(22)21-9-7-17-15(13(21)2)8-10-23-17/h3-6,8,10-11,13H,7,9H2,1-2H3. The van der Waals surface area contributed by atoms with Gasteiger partial charge in [-0.3, -0.25) is 4.79 Å². The number of rotatable bonds is 2. The number of thiophene rings is 1. The second-order valence-electron chi connectivity index (χ2n) is 6.13. The quantitative estimate of drug-likeness (QED) is 0.653. The highest BCUT2D eigenvalue weighted by atomic mass is 32.1. The van der Waals surface area contributed by atoms with Gasteiger partial charge in [0.2, 0.25) is 0 Å². The molecule has 1 aliphatic rings. The molecule has 1 atom stereocenters. The maximum Gasteiger partial charge on any atom is 0.273 e. The second-order valence-corrected chi connectivity index (χ2v) is 7.99. The largest absolute Gasteiger partial charge is 0.330 e. The smallest absolute Gasteiger partial charge is 0.273 e. The Morgan fingerprint density at radius 1 is 1.21 bits per heavy atom. The Hall–Kier alpha value is -1.98. The molecular weight excluding hydrogens is 336 g/mol. The van der Waals surface area contributed by atoms with Crippen LogP contribution in [-0.4, -0.2) is 22.3 Å². The summed E-state index contributed by atoms with van der Waals surface area (Å²) >= 11 is 3.32. The van der Waals surface area contributed by atoms with Crippen molar-refractivity contribution >= 4 is 28.6 Å². The first-order chi connectivity index (χ1) is 11.6. The van der Waals surface area contributed by atoms with E-state index in [1.54, 1.807) is 11.3 Å². The minimum Gasteiger partial charge on any atom is -0.330 e. The predicted octanol–water partition coefficient (Wildman–Crippen LogP) is 4.94. The number of carbonyl (C=O) groups excluding carboxylic acids is 1. The molecule has 0 bridgehead atoms. The highest BCUT2D eigenvalue weighted by molar-refractivity contribution is 7.13. The maximum absolute atomic E-state index is 12.9. The molecule has 5 heteroatoms. The van der Waals surface area contributed by atoms with Crippen LogP contribution < -0.4 is 0 Å². The third kappa shape index (κ3) is 2.68. The molecule has 4 rings (SSSR count). The summed E-state index contributed by atoms with van der Waals surface area (Å²) in [6.45, 7) is 4.94. The van der Waals surface area contributed by atoms with Gasteiger partial charge in [0.1, 0.15) is 10.7 Å². The van der Waals surface area contributed by atoms with Crippen molar-refractivity contribution in [3.8, 4) is 10.6 Å². The number of nitrogens with zero attached hydrogens (tertiary/aromatic N) is 2. The van der Waals surface area contributed by atoms with Crippen LogP contribution in [0.3, 0.4) is 0 Å². The van der Waals surface area contributed by atoms with Crippen molar-refractivity contribution in [2.45, 2.75) is 26.3 Å². The zero-order valence-electron chi connectivity index (χ0n) is 13.7. The molecule has 0 saturated carbocycles. The van der Waals surface area contributed by atoms with Gasteiger partial charge in [0, 0.05) is 22.4 Å². The van der Waals surface area contributed by atoms with Crippen LogP contribution in [0, 0.1) is 6.92 Å². The van der Waals surface area contributed by atoms with E-state index in [0.29, 0.717) is 5.69 Å². The monoisotopic (exact) mass is 354 g/mol. The fourth-order valence-electron chi connectivity index (χ4n) is 3.13. The molecule has 0 saturated heterocycles. The van der Waals surface area contributed by atoms with E-state index in [9.17, 15) is 4.79 Å². The van der Waals surface area contributed by atoms with Gasteiger partial charge in [0.25, 0.3) is 5.91 Å². The first-order valence-electron chi connectivity index (χ1n) is 8.03. The first-order valence-corrected chi connectivity index (χ1v) is 9.79. The lowest BCUT2D eigenvalue weighted by Crippen LogP contribution is -2.38. The van der Waals surface area contributed by atoms with E-state index in [1.807, 2.05) is 10.3 Å². The zero-order chi connectivity index (χ0) is 16.7. The van der Waals surface area contributed by atoms with Crippen molar-refractivity contribution < 1.29 is 4.79 Å². The summed E-state index contributed by atoms with van der Waals surface area (Å²) in [4.78, 5) is 20.9. The van der Waals surface area contributed by atoms with Gasteiger partial charge in [-0.05, 0) is 37.3 Å². The van der Waals surface area contributed by atoms with Gasteiger partial charge < -0.3 is 4.90 Å². The van der Waals surface area contributed by atoms with Gasteiger partial charge in [-0.25, -0.2) is 4.98 Å². The van der Waals surface area contributed by atoms with Crippen molar-refractivity contribution in [1.29, 1.82) is 0 Å². The number of hydrogen-bond acceptors (Lipinski definition) is 4. The Bertz CT molecular complexity index is 879. The average Bonchev–Trinajstić information content (AvgIpc) is 3.25. The molecule has 0 fully saturated rings. The van der Waals surface area contributed by atoms with E-state index in [4.69, 9.17) is 0 Å². The van der Waals surface area contributed by atoms with Crippen molar-refractivity contribution in [3.63, 3.8) is 0 Å². The summed E-state index contributed by atoms with van der Waals surface area (Å²) in [6.07, 6.45) is 0.942. The van der Waals surface area contributed by atoms with Gasteiger partial charge in [-0.1, -0.05) is 29.8 Å². The van der Waals surface area contributed by atoms with Crippen molar-refractivity contribution in [1.82, 2.24) is 9.88 Å². The second kappa shape index (κ2) is 6.15. The van der Waals surface area contributed by atoms with Crippen LogP contribution in [0.25, 0.3) is 10.6 Å². The molecule has 2 aromatic heterocycles.